The maximum Gasteiger partial charge on any atom is 0.285 e. The Balaban J connectivity index is 1.48. The summed E-state index contributed by atoms with van der Waals surface area (Å²) in [4.78, 5) is 7.24. The van der Waals surface area contributed by atoms with Gasteiger partial charge in [0.05, 0.1) is 15.2 Å². The Hall–Kier alpha value is -2.25. The quantitative estimate of drug-likeness (QED) is 0.644. The Morgan fingerprint density at radius 1 is 1.08 bits per heavy atom. The van der Waals surface area contributed by atoms with Gasteiger partial charge in [-0.3, -0.25) is 0 Å². The van der Waals surface area contributed by atoms with Crippen LogP contribution in [0.2, 0.25) is 0 Å². The average Bonchev–Trinajstić information content (AvgIpc) is 3.21. The van der Waals surface area contributed by atoms with Crippen molar-refractivity contribution in [3.63, 3.8) is 0 Å². The van der Waals surface area contributed by atoms with E-state index in [1.807, 2.05) is 30.3 Å². The van der Waals surface area contributed by atoms with E-state index in [4.69, 9.17) is 4.98 Å². The number of aromatic nitrogens is 1. The van der Waals surface area contributed by atoms with Crippen LogP contribution in [0.1, 0.15) is 29.3 Å². The SMILES string of the molecule is O=S1(=O)N=C(N2CCC[C@H](c3nc4ccccc4s3)C2)c2ccccc21. The third-order valence-corrected chi connectivity index (χ3v) is 7.52. The van der Waals surface area contributed by atoms with Gasteiger partial charge in [-0.2, -0.15) is 8.42 Å². The molecule has 7 heteroatoms. The maximum atomic E-state index is 12.4. The van der Waals surface area contributed by atoms with Crippen LogP contribution in [0.4, 0.5) is 0 Å². The molecule has 0 unspecified atom stereocenters. The number of sulfonamides is 1. The topological polar surface area (TPSA) is 62.6 Å². The largest absolute Gasteiger partial charge is 0.355 e. The van der Waals surface area contributed by atoms with Crippen LogP contribution in [0, 0.1) is 0 Å². The zero-order chi connectivity index (χ0) is 17.7. The summed E-state index contributed by atoms with van der Waals surface area (Å²) in [5, 5.41) is 1.13. The minimum atomic E-state index is -3.57. The lowest BCUT2D eigenvalue weighted by molar-refractivity contribution is 0.309. The lowest BCUT2D eigenvalue weighted by Gasteiger charge is -2.33. The van der Waals surface area contributed by atoms with Crippen molar-refractivity contribution in [2.45, 2.75) is 23.7 Å². The summed E-state index contributed by atoms with van der Waals surface area (Å²) < 4.78 is 30.0. The van der Waals surface area contributed by atoms with Crippen molar-refractivity contribution in [3.05, 3.63) is 59.1 Å². The third-order valence-electron chi connectivity index (χ3n) is 4.99. The lowest BCUT2D eigenvalue weighted by atomic mass is 9.98. The minimum Gasteiger partial charge on any atom is -0.355 e. The van der Waals surface area contributed by atoms with Gasteiger partial charge in [-0.1, -0.05) is 24.3 Å². The summed E-state index contributed by atoms with van der Waals surface area (Å²) >= 11 is 1.74. The van der Waals surface area contributed by atoms with Gasteiger partial charge in [0.1, 0.15) is 4.90 Å². The fraction of sp³-hybridized carbons (Fsp3) is 0.263. The number of benzene rings is 2. The number of likely N-dealkylation sites (tertiary alicyclic amines) is 1. The summed E-state index contributed by atoms with van der Waals surface area (Å²) in [5.41, 5.74) is 1.76. The first-order valence-corrected chi connectivity index (χ1v) is 10.9. The molecule has 3 heterocycles. The second-order valence-corrected chi connectivity index (χ2v) is 9.33. The van der Waals surface area contributed by atoms with Gasteiger partial charge in [0.25, 0.3) is 10.0 Å². The van der Waals surface area contributed by atoms with E-state index in [1.165, 1.54) is 4.70 Å². The number of nitrogens with zero attached hydrogens (tertiary/aromatic N) is 3. The Bertz CT molecular complexity index is 1100. The Morgan fingerprint density at radius 2 is 1.88 bits per heavy atom. The van der Waals surface area contributed by atoms with Crippen molar-refractivity contribution in [2.75, 3.05) is 13.1 Å². The van der Waals surface area contributed by atoms with Crippen molar-refractivity contribution in [2.24, 2.45) is 4.40 Å². The fourth-order valence-electron chi connectivity index (χ4n) is 3.75. The van der Waals surface area contributed by atoms with E-state index in [9.17, 15) is 8.42 Å². The summed E-state index contributed by atoms with van der Waals surface area (Å²) in [7, 11) is -3.57. The molecule has 0 amide bonds. The number of thiazole rings is 1. The molecule has 2 aromatic carbocycles. The predicted octanol–water partition coefficient (Wildman–Crippen LogP) is 3.62. The second kappa shape index (κ2) is 5.89. The summed E-state index contributed by atoms with van der Waals surface area (Å²) in [6.45, 7) is 1.58. The molecule has 5 nitrogen and oxygen atoms in total. The molecule has 1 fully saturated rings. The number of para-hydroxylation sites is 1. The van der Waals surface area contributed by atoms with E-state index in [-0.39, 0.29) is 0 Å². The molecule has 2 aliphatic heterocycles. The second-order valence-electron chi connectivity index (χ2n) is 6.69. The highest BCUT2D eigenvalue weighted by Crippen LogP contribution is 2.35. The molecule has 0 saturated carbocycles. The summed E-state index contributed by atoms with van der Waals surface area (Å²) in [5.74, 6) is 0.894. The van der Waals surface area contributed by atoms with Crippen LogP contribution in [-0.4, -0.2) is 37.2 Å². The monoisotopic (exact) mass is 383 g/mol. The zero-order valence-electron chi connectivity index (χ0n) is 14.0. The molecule has 0 radical (unpaired) electrons. The first-order chi connectivity index (χ1) is 12.6. The Labute approximate surface area is 156 Å². The highest BCUT2D eigenvalue weighted by molar-refractivity contribution is 7.90. The van der Waals surface area contributed by atoms with Crippen LogP contribution in [0.3, 0.4) is 0 Å². The number of piperidine rings is 1. The van der Waals surface area contributed by atoms with Gasteiger partial charge in [-0.15, -0.1) is 15.7 Å². The van der Waals surface area contributed by atoms with Crippen molar-refractivity contribution in [1.29, 1.82) is 0 Å². The molecule has 5 rings (SSSR count). The van der Waals surface area contributed by atoms with Crippen LogP contribution >= 0.6 is 11.3 Å². The number of amidine groups is 1. The number of hydrogen-bond donors (Lipinski definition) is 0. The third kappa shape index (κ3) is 2.54. The molecule has 26 heavy (non-hydrogen) atoms. The zero-order valence-corrected chi connectivity index (χ0v) is 15.6. The van der Waals surface area contributed by atoms with Crippen molar-refractivity contribution in [3.8, 4) is 0 Å². The highest BCUT2D eigenvalue weighted by atomic mass is 32.2. The van der Waals surface area contributed by atoms with Gasteiger partial charge in [0, 0.05) is 24.6 Å². The van der Waals surface area contributed by atoms with E-state index in [1.54, 1.807) is 23.5 Å². The van der Waals surface area contributed by atoms with Crippen LogP contribution in [0.15, 0.2) is 57.8 Å². The molecule has 132 valence electrons. The average molecular weight is 383 g/mol. The van der Waals surface area contributed by atoms with Crippen molar-refractivity contribution < 1.29 is 8.42 Å². The molecule has 3 aromatic rings. The van der Waals surface area contributed by atoms with Crippen LogP contribution < -0.4 is 0 Å². The predicted molar refractivity (Wildman–Crippen MR) is 103 cm³/mol. The molecule has 0 bridgehead atoms. The van der Waals surface area contributed by atoms with E-state index < -0.39 is 10.0 Å². The van der Waals surface area contributed by atoms with Gasteiger partial charge in [0.15, 0.2) is 5.84 Å². The molecule has 0 aliphatic carbocycles. The Morgan fingerprint density at radius 3 is 2.77 bits per heavy atom. The molecular formula is C19H17N3O2S2. The number of fused-ring (bicyclic) bond motifs is 2. The minimum absolute atomic E-state index is 0.305. The summed E-state index contributed by atoms with van der Waals surface area (Å²) in [6.07, 6.45) is 2.07. The van der Waals surface area contributed by atoms with Gasteiger partial charge < -0.3 is 4.90 Å². The van der Waals surface area contributed by atoms with Gasteiger partial charge in [-0.05, 0) is 37.1 Å². The fourth-order valence-corrected chi connectivity index (χ4v) is 6.07. The van der Waals surface area contributed by atoms with E-state index in [2.05, 4.69) is 15.4 Å². The molecule has 2 aliphatic rings. The van der Waals surface area contributed by atoms with E-state index in [0.717, 1.165) is 42.0 Å². The van der Waals surface area contributed by atoms with Crippen molar-refractivity contribution >= 4 is 37.4 Å². The first kappa shape index (κ1) is 16.0. The summed E-state index contributed by atoms with van der Waals surface area (Å²) in [6, 6.07) is 15.3. The molecule has 0 N–H and O–H groups in total. The van der Waals surface area contributed by atoms with Crippen LogP contribution in [0.5, 0.6) is 0 Å². The lowest BCUT2D eigenvalue weighted by Crippen LogP contribution is -2.39. The standard InChI is InChI=1S/C19H17N3O2S2/c23-26(24)17-10-4-1-7-14(17)18(21-26)22-11-5-6-13(12-22)19-20-15-8-2-3-9-16(15)25-19/h1-4,7-10,13H,5-6,11-12H2/t13-/m0/s1. The molecule has 1 aromatic heterocycles. The van der Waals surface area contributed by atoms with Crippen LogP contribution in [-0.2, 0) is 10.0 Å². The smallest absolute Gasteiger partial charge is 0.285 e. The molecular weight excluding hydrogens is 366 g/mol. The first-order valence-electron chi connectivity index (χ1n) is 8.67. The maximum absolute atomic E-state index is 12.4. The molecule has 1 atom stereocenters. The van der Waals surface area contributed by atoms with Gasteiger partial charge in [0.2, 0.25) is 0 Å². The highest BCUT2D eigenvalue weighted by Gasteiger charge is 2.34. The van der Waals surface area contributed by atoms with E-state index >= 15 is 0 Å². The molecule has 0 spiro atoms. The number of rotatable bonds is 1. The Kier molecular flexibility index (Phi) is 3.62. The molecule has 1 saturated heterocycles. The van der Waals surface area contributed by atoms with Crippen LogP contribution in [0.25, 0.3) is 10.2 Å². The van der Waals surface area contributed by atoms with Gasteiger partial charge in [-0.25, -0.2) is 4.98 Å². The van der Waals surface area contributed by atoms with Crippen molar-refractivity contribution in [1.82, 2.24) is 9.88 Å². The number of hydrogen-bond acceptors (Lipinski definition) is 5. The normalized spacial score (nSPS) is 21.6. The van der Waals surface area contributed by atoms with Gasteiger partial charge >= 0.3 is 0 Å². The van der Waals surface area contributed by atoms with E-state index in [0.29, 0.717) is 16.6 Å².